The van der Waals surface area contributed by atoms with Crippen LogP contribution in [-0.2, 0) is 9.53 Å². The largest absolute Gasteiger partial charge is 0.450 e. The fourth-order valence-electron chi connectivity index (χ4n) is 4.03. The summed E-state index contributed by atoms with van der Waals surface area (Å²) >= 11 is 0. The van der Waals surface area contributed by atoms with E-state index in [9.17, 15) is 14.4 Å². The predicted octanol–water partition coefficient (Wildman–Crippen LogP) is 1.12. The highest BCUT2D eigenvalue weighted by molar-refractivity contribution is 6.27. The molecule has 28 heavy (non-hydrogen) atoms. The van der Waals surface area contributed by atoms with Crippen LogP contribution in [0.5, 0.6) is 0 Å². The molecule has 0 radical (unpaired) electrons. The van der Waals surface area contributed by atoms with Gasteiger partial charge in [0.1, 0.15) is 5.92 Å². The monoisotopic (exact) mass is 388 g/mol. The van der Waals surface area contributed by atoms with E-state index in [2.05, 4.69) is 15.0 Å². The van der Waals surface area contributed by atoms with E-state index >= 15 is 0 Å². The molecule has 4 amide bonds. The minimum atomic E-state index is -0.692. The van der Waals surface area contributed by atoms with Crippen LogP contribution in [0.15, 0.2) is 15.0 Å². The van der Waals surface area contributed by atoms with Crippen LogP contribution < -0.4 is 0 Å². The number of hydrogen-bond acceptors (Lipinski definition) is 7. The first-order valence-electron chi connectivity index (χ1n) is 9.83. The highest BCUT2D eigenvalue weighted by Crippen LogP contribution is 2.28. The van der Waals surface area contributed by atoms with Gasteiger partial charge in [-0.15, -0.1) is 0 Å². The molecule has 0 aromatic rings. The van der Waals surface area contributed by atoms with Crippen molar-refractivity contribution in [3.8, 4) is 0 Å². The highest BCUT2D eigenvalue weighted by Gasteiger charge is 2.42. The maximum atomic E-state index is 12.8. The Hall–Kier alpha value is -2.78. The van der Waals surface area contributed by atoms with E-state index in [-0.39, 0.29) is 23.9 Å². The normalized spacial score (nSPS) is 25.6. The molecule has 3 aliphatic heterocycles. The Morgan fingerprint density at radius 1 is 1.14 bits per heavy atom. The van der Waals surface area contributed by atoms with E-state index in [0.29, 0.717) is 38.7 Å². The van der Waals surface area contributed by atoms with Crippen LogP contribution >= 0.6 is 0 Å². The minimum absolute atomic E-state index is 0.0555. The van der Waals surface area contributed by atoms with Gasteiger partial charge in [0, 0.05) is 38.4 Å². The fourth-order valence-corrected chi connectivity index (χ4v) is 4.03. The zero-order chi connectivity index (χ0) is 19.7. The lowest BCUT2D eigenvalue weighted by Crippen LogP contribution is -2.54. The maximum Gasteiger partial charge on any atom is 0.409 e. The Morgan fingerprint density at radius 3 is 2.54 bits per heavy atom. The summed E-state index contributed by atoms with van der Waals surface area (Å²) in [5, 5.41) is 0. The average molecular weight is 388 g/mol. The van der Waals surface area contributed by atoms with Crippen LogP contribution in [0.1, 0.15) is 32.6 Å². The molecule has 150 valence electrons. The number of piperazine rings is 1. The number of rotatable bonds is 2. The van der Waals surface area contributed by atoms with Crippen LogP contribution in [0.4, 0.5) is 9.59 Å². The number of aliphatic imine (C=N–C) groups is 3. The van der Waals surface area contributed by atoms with E-state index in [1.165, 1.54) is 11.1 Å². The second-order valence-corrected chi connectivity index (χ2v) is 7.24. The summed E-state index contributed by atoms with van der Waals surface area (Å²) < 4.78 is 5.02. The van der Waals surface area contributed by atoms with Gasteiger partial charge in [0.15, 0.2) is 5.84 Å². The van der Waals surface area contributed by atoms with E-state index in [1.807, 2.05) is 4.90 Å². The molecule has 0 bridgehead atoms. The molecule has 10 heteroatoms. The van der Waals surface area contributed by atoms with Crippen LogP contribution in [0.2, 0.25) is 0 Å². The standard InChI is InChI=1S/C18H24N6O4/c1-2-28-18(27)23-9-7-22(8-10-23)16-19-11-13-14(20-16)21-17(26)24(15(13)25)12-5-3-4-6-12/h11-13H,2-10H2,1H3. The lowest BCUT2D eigenvalue weighted by molar-refractivity contribution is -0.130. The second-order valence-electron chi connectivity index (χ2n) is 7.24. The summed E-state index contributed by atoms with van der Waals surface area (Å²) in [6.07, 6.45) is 4.94. The summed E-state index contributed by atoms with van der Waals surface area (Å²) in [7, 11) is 0. The molecule has 2 fully saturated rings. The van der Waals surface area contributed by atoms with E-state index in [4.69, 9.17) is 4.74 Å². The predicted molar refractivity (Wildman–Crippen MR) is 102 cm³/mol. The number of amidine groups is 1. The van der Waals surface area contributed by atoms with Gasteiger partial charge >= 0.3 is 12.1 Å². The van der Waals surface area contributed by atoms with Gasteiger partial charge in [-0.05, 0) is 19.8 Å². The third-order valence-corrected chi connectivity index (χ3v) is 5.53. The number of fused-ring (bicyclic) bond motifs is 1. The fraction of sp³-hybridized carbons (Fsp3) is 0.667. The van der Waals surface area contributed by atoms with Crippen molar-refractivity contribution in [1.82, 2.24) is 14.7 Å². The molecule has 1 saturated carbocycles. The van der Waals surface area contributed by atoms with Crippen LogP contribution in [0, 0.1) is 5.92 Å². The average Bonchev–Trinajstić information content (AvgIpc) is 3.22. The Morgan fingerprint density at radius 2 is 1.86 bits per heavy atom. The molecule has 1 atom stereocenters. The molecular weight excluding hydrogens is 364 g/mol. The van der Waals surface area contributed by atoms with E-state index in [0.717, 1.165) is 25.7 Å². The van der Waals surface area contributed by atoms with Crippen LogP contribution in [0.3, 0.4) is 0 Å². The summed E-state index contributed by atoms with van der Waals surface area (Å²) in [5.41, 5.74) is 0. The third kappa shape index (κ3) is 3.38. The van der Waals surface area contributed by atoms with Gasteiger partial charge in [-0.25, -0.2) is 14.6 Å². The van der Waals surface area contributed by atoms with Crippen molar-refractivity contribution in [2.75, 3.05) is 32.8 Å². The Balaban J connectivity index is 1.45. The second kappa shape index (κ2) is 7.69. The lowest BCUT2D eigenvalue weighted by atomic mass is 10.0. The molecule has 0 aromatic heterocycles. The molecule has 0 spiro atoms. The highest BCUT2D eigenvalue weighted by atomic mass is 16.6. The third-order valence-electron chi connectivity index (χ3n) is 5.53. The summed E-state index contributed by atoms with van der Waals surface area (Å²) in [4.78, 5) is 54.7. The van der Waals surface area contributed by atoms with Gasteiger partial charge in [0.2, 0.25) is 11.9 Å². The molecular formula is C18H24N6O4. The Labute approximate surface area is 162 Å². The van der Waals surface area contributed by atoms with E-state index in [1.54, 1.807) is 11.8 Å². The zero-order valence-corrected chi connectivity index (χ0v) is 15.9. The SMILES string of the molecule is CCOC(=O)N1CCN(C2=NC3=NC(=O)N(C4CCCC4)C(=O)C3C=N2)CC1. The number of ether oxygens (including phenoxy) is 1. The van der Waals surface area contributed by atoms with Crippen molar-refractivity contribution in [2.24, 2.45) is 20.9 Å². The minimum Gasteiger partial charge on any atom is -0.450 e. The smallest absolute Gasteiger partial charge is 0.409 e. The van der Waals surface area contributed by atoms with Gasteiger partial charge in [-0.2, -0.15) is 9.98 Å². The summed E-state index contributed by atoms with van der Waals surface area (Å²) in [6, 6.07) is -0.575. The maximum absolute atomic E-state index is 12.8. The lowest BCUT2D eigenvalue weighted by Gasteiger charge is -2.36. The Kier molecular flexibility index (Phi) is 5.10. The van der Waals surface area contributed by atoms with Crippen molar-refractivity contribution < 1.29 is 19.1 Å². The van der Waals surface area contributed by atoms with Gasteiger partial charge in [-0.1, -0.05) is 12.8 Å². The first-order valence-corrected chi connectivity index (χ1v) is 9.83. The number of carbonyl (C=O) groups is 3. The molecule has 0 aromatic carbocycles. The molecule has 10 nitrogen and oxygen atoms in total. The number of imide groups is 1. The number of carbonyl (C=O) groups excluding carboxylic acids is 3. The van der Waals surface area contributed by atoms with Crippen molar-refractivity contribution in [3.63, 3.8) is 0 Å². The summed E-state index contributed by atoms with van der Waals surface area (Å²) in [6.45, 7) is 4.20. The van der Waals surface area contributed by atoms with Crippen molar-refractivity contribution in [3.05, 3.63) is 0 Å². The van der Waals surface area contributed by atoms with Crippen LogP contribution in [0.25, 0.3) is 0 Å². The van der Waals surface area contributed by atoms with E-state index < -0.39 is 11.9 Å². The quantitative estimate of drug-likeness (QED) is 0.704. The number of nitrogens with zero attached hydrogens (tertiary/aromatic N) is 6. The van der Waals surface area contributed by atoms with Crippen molar-refractivity contribution in [1.29, 1.82) is 0 Å². The molecule has 1 saturated heterocycles. The van der Waals surface area contributed by atoms with Gasteiger partial charge in [0.25, 0.3) is 0 Å². The Bertz CT molecular complexity index is 762. The van der Waals surface area contributed by atoms with Crippen molar-refractivity contribution in [2.45, 2.75) is 38.6 Å². The first kappa shape index (κ1) is 18.6. The molecule has 0 N–H and O–H groups in total. The number of hydrogen-bond donors (Lipinski definition) is 0. The number of amides is 4. The molecule has 1 aliphatic carbocycles. The molecule has 3 heterocycles. The molecule has 1 unspecified atom stereocenters. The van der Waals surface area contributed by atoms with Gasteiger partial charge in [-0.3, -0.25) is 9.69 Å². The number of urea groups is 1. The molecule has 4 rings (SSSR count). The summed E-state index contributed by atoms with van der Waals surface area (Å²) in [5.74, 6) is -0.334. The number of guanidine groups is 1. The van der Waals surface area contributed by atoms with Crippen molar-refractivity contribution >= 4 is 36.0 Å². The topological polar surface area (TPSA) is 107 Å². The van der Waals surface area contributed by atoms with Gasteiger partial charge in [0.05, 0.1) is 6.61 Å². The first-order chi connectivity index (χ1) is 13.6. The van der Waals surface area contributed by atoms with Gasteiger partial charge < -0.3 is 14.5 Å². The zero-order valence-electron chi connectivity index (χ0n) is 15.9. The van der Waals surface area contributed by atoms with Crippen LogP contribution in [-0.4, -0.2) is 89.6 Å². The molecule has 4 aliphatic rings.